The van der Waals surface area contributed by atoms with Gasteiger partial charge in [0.15, 0.2) is 5.69 Å². The minimum atomic E-state index is -0.553. The number of aromatic nitrogens is 2. The summed E-state index contributed by atoms with van der Waals surface area (Å²) in [6.07, 6.45) is 3.43. The zero-order chi connectivity index (χ0) is 23.8. The molecule has 0 spiro atoms. The first-order chi connectivity index (χ1) is 16.5. The number of nitrogens with zero attached hydrogens (tertiary/aromatic N) is 2. The maximum Gasteiger partial charge on any atom is 0.269 e. The van der Waals surface area contributed by atoms with E-state index >= 15 is 0 Å². The molecule has 5 rings (SSSR count). The Hall–Kier alpha value is -3.55. The number of thioether (sulfide) groups is 1. The highest BCUT2D eigenvalue weighted by molar-refractivity contribution is 7.98. The molecule has 0 saturated heterocycles. The van der Waals surface area contributed by atoms with Crippen LogP contribution in [0.25, 0.3) is 16.9 Å². The lowest BCUT2D eigenvalue weighted by molar-refractivity contribution is 0.0992. The molecule has 0 aliphatic heterocycles. The molecule has 3 aromatic carbocycles. The third-order valence-electron chi connectivity index (χ3n) is 5.92. The molecule has 170 valence electrons. The molecule has 3 N–H and O–H groups in total. The fourth-order valence-electron chi connectivity index (χ4n) is 4.27. The van der Waals surface area contributed by atoms with Crippen molar-refractivity contribution in [2.45, 2.75) is 17.7 Å². The number of amides is 2. The van der Waals surface area contributed by atoms with E-state index in [9.17, 15) is 9.59 Å². The molecule has 6 nitrogen and oxygen atoms in total. The molecule has 1 aliphatic rings. The molecule has 0 bridgehead atoms. The van der Waals surface area contributed by atoms with Crippen molar-refractivity contribution in [1.29, 1.82) is 0 Å². The first-order valence-electron chi connectivity index (χ1n) is 10.7. The fraction of sp³-hybridized carbons (Fsp3) is 0.115. The first-order valence-corrected chi connectivity index (χ1v) is 12.3. The number of benzene rings is 3. The Balaban J connectivity index is 1.60. The smallest absolute Gasteiger partial charge is 0.269 e. The van der Waals surface area contributed by atoms with Crippen LogP contribution in [0.1, 0.15) is 32.0 Å². The Morgan fingerprint density at radius 2 is 1.82 bits per heavy atom. The van der Waals surface area contributed by atoms with Gasteiger partial charge in [0, 0.05) is 21.7 Å². The van der Waals surface area contributed by atoms with Gasteiger partial charge < -0.3 is 11.1 Å². The highest BCUT2D eigenvalue weighted by Gasteiger charge is 2.28. The van der Waals surface area contributed by atoms with Crippen LogP contribution < -0.4 is 11.1 Å². The Bertz CT molecular complexity index is 1430. The van der Waals surface area contributed by atoms with Gasteiger partial charge >= 0.3 is 0 Å². The summed E-state index contributed by atoms with van der Waals surface area (Å²) in [6.45, 7) is 0. The summed E-state index contributed by atoms with van der Waals surface area (Å²) in [7, 11) is 0. The number of carbonyl (C=O) groups excluding carboxylic acids is 2. The van der Waals surface area contributed by atoms with E-state index in [-0.39, 0.29) is 11.6 Å². The van der Waals surface area contributed by atoms with Crippen molar-refractivity contribution in [3.05, 3.63) is 94.1 Å². The third kappa shape index (κ3) is 3.97. The van der Waals surface area contributed by atoms with Crippen molar-refractivity contribution in [2.24, 2.45) is 5.73 Å². The number of fused-ring (bicyclic) bond motifs is 3. The number of hydrogen-bond acceptors (Lipinski definition) is 4. The average Bonchev–Trinajstić information content (AvgIpc) is 3.25. The van der Waals surface area contributed by atoms with Gasteiger partial charge in [-0.1, -0.05) is 29.8 Å². The van der Waals surface area contributed by atoms with Crippen LogP contribution in [-0.4, -0.2) is 27.9 Å². The summed E-state index contributed by atoms with van der Waals surface area (Å²) in [5.41, 5.74) is 11.5. The predicted octanol–water partition coefficient (Wildman–Crippen LogP) is 5.36. The summed E-state index contributed by atoms with van der Waals surface area (Å²) in [5, 5.41) is 7.92. The molecule has 0 radical (unpaired) electrons. The highest BCUT2D eigenvalue weighted by atomic mass is 35.5. The third-order valence-corrected chi connectivity index (χ3v) is 6.99. The monoisotopic (exact) mass is 488 g/mol. The molecule has 0 saturated carbocycles. The van der Waals surface area contributed by atoms with Crippen molar-refractivity contribution in [2.75, 3.05) is 11.6 Å². The normalized spacial score (nSPS) is 12.1. The number of aryl methyl sites for hydroxylation is 1. The molecule has 0 unspecified atom stereocenters. The maximum atomic E-state index is 12.8. The van der Waals surface area contributed by atoms with E-state index in [4.69, 9.17) is 17.3 Å². The van der Waals surface area contributed by atoms with Crippen LogP contribution in [0.5, 0.6) is 0 Å². The number of nitrogens with one attached hydrogen (secondary N) is 1. The van der Waals surface area contributed by atoms with Gasteiger partial charge in [-0.15, -0.1) is 11.8 Å². The molecule has 34 heavy (non-hydrogen) atoms. The average molecular weight is 489 g/mol. The van der Waals surface area contributed by atoms with E-state index < -0.39 is 5.91 Å². The van der Waals surface area contributed by atoms with Gasteiger partial charge in [-0.3, -0.25) is 9.59 Å². The summed E-state index contributed by atoms with van der Waals surface area (Å²) in [5.74, 6) is -0.845. The molecule has 1 aliphatic carbocycles. The molecular formula is C26H21ClN4O2S. The zero-order valence-corrected chi connectivity index (χ0v) is 19.9. The minimum Gasteiger partial charge on any atom is -0.364 e. The van der Waals surface area contributed by atoms with Crippen molar-refractivity contribution in [3.8, 4) is 16.9 Å². The molecule has 0 atom stereocenters. The van der Waals surface area contributed by atoms with Crippen LogP contribution in [0.3, 0.4) is 0 Å². The summed E-state index contributed by atoms with van der Waals surface area (Å²) < 4.78 is 1.77. The van der Waals surface area contributed by atoms with Crippen molar-refractivity contribution >= 4 is 40.9 Å². The molecule has 1 aromatic heterocycles. The SMILES string of the molecule is CSc1ccc(-n2nc(C(N)=O)c3c2-c2cc(NC(=O)c4ccccc4Cl)ccc2CC3)cc1. The van der Waals surface area contributed by atoms with Gasteiger partial charge in [-0.05, 0) is 73.2 Å². The molecule has 0 fully saturated rings. The van der Waals surface area contributed by atoms with Gasteiger partial charge in [-0.25, -0.2) is 4.68 Å². The second kappa shape index (κ2) is 9.00. The van der Waals surface area contributed by atoms with Crippen molar-refractivity contribution in [1.82, 2.24) is 9.78 Å². The second-order valence-corrected chi connectivity index (χ2v) is 9.24. The molecular weight excluding hydrogens is 468 g/mol. The summed E-state index contributed by atoms with van der Waals surface area (Å²) in [6, 6.07) is 20.7. The zero-order valence-electron chi connectivity index (χ0n) is 18.3. The van der Waals surface area contributed by atoms with Crippen molar-refractivity contribution < 1.29 is 9.59 Å². The lowest BCUT2D eigenvalue weighted by Crippen LogP contribution is -2.15. The lowest BCUT2D eigenvalue weighted by Gasteiger charge is -2.20. The van der Waals surface area contributed by atoms with Gasteiger partial charge in [0.1, 0.15) is 0 Å². The van der Waals surface area contributed by atoms with E-state index in [0.717, 1.165) is 39.4 Å². The summed E-state index contributed by atoms with van der Waals surface area (Å²) >= 11 is 7.85. The number of nitrogens with two attached hydrogens (primary N) is 1. The Morgan fingerprint density at radius 3 is 2.53 bits per heavy atom. The fourth-order valence-corrected chi connectivity index (χ4v) is 4.90. The van der Waals surface area contributed by atoms with Crippen LogP contribution in [0.4, 0.5) is 5.69 Å². The standard InChI is InChI=1S/C26H21ClN4O2S/c1-34-18-11-9-17(10-12-18)31-24-20(23(30-31)25(28)32)13-7-15-6-8-16(14-21(15)24)29-26(33)19-4-2-3-5-22(19)27/h2-6,8-12,14H,7,13H2,1H3,(H2,28,32)(H,29,33). The van der Waals surface area contributed by atoms with Gasteiger partial charge in [0.05, 0.1) is 22.0 Å². The van der Waals surface area contributed by atoms with Crippen LogP contribution >= 0.6 is 23.4 Å². The van der Waals surface area contributed by atoms with Crippen LogP contribution in [-0.2, 0) is 12.8 Å². The Kier molecular flexibility index (Phi) is 5.89. The maximum absolute atomic E-state index is 12.8. The topological polar surface area (TPSA) is 90.0 Å². The van der Waals surface area contributed by atoms with Crippen LogP contribution in [0, 0.1) is 0 Å². The van der Waals surface area contributed by atoms with E-state index in [2.05, 4.69) is 10.4 Å². The Labute approximate surface area is 206 Å². The molecule has 2 amide bonds. The quantitative estimate of drug-likeness (QED) is 0.370. The van der Waals surface area contributed by atoms with Gasteiger partial charge in [0.25, 0.3) is 11.8 Å². The number of hydrogen-bond donors (Lipinski definition) is 2. The molecule has 1 heterocycles. The first kappa shape index (κ1) is 22.3. The van der Waals surface area contributed by atoms with E-state index in [0.29, 0.717) is 22.7 Å². The lowest BCUT2D eigenvalue weighted by atomic mass is 9.88. The van der Waals surface area contributed by atoms with E-state index in [1.807, 2.05) is 48.7 Å². The minimum absolute atomic E-state index is 0.278. The van der Waals surface area contributed by atoms with Crippen LogP contribution in [0.15, 0.2) is 71.6 Å². The summed E-state index contributed by atoms with van der Waals surface area (Å²) in [4.78, 5) is 26.1. The van der Waals surface area contributed by atoms with Crippen LogP contribution in [0.2, 0.25) is 5.02 Å². The predicted molar refractivity (Wildman–Crippen MR) is 136 cm³/mol. The molecule has 8 heteroatoms. The van der Waals surface area contributed by atoms with E-state index in [1.54, 1.807) is 40.7 Å². The largest absolute Gasteiger partial charge is 0.364 e. The number of halogens is 1. The number of anilines is 1. The number of primary amides is 1. The van der Waals surface area contributed by atoms with Crippen molar-refractivity contribution in [3.63, 3.8) is 0 Å². The number of rotatable bonds is 5. The van der Waals surface area contributed by atoms with Gasteiger partial charge in [0.2, 0.25) is 0 Å². The second-order valence-electron chi connectivity index (χ2n) is 7.96. The Morgan fingerprint density at radius 1 is 1.06 bits per heavy atom. The van der Waals surface area contributed by atoms with E-state index in [1.165, 1.54) is 0 Å². The van der Waals surface area contributed by atoms with Gasteiger partial charge in [-0.2, -0.15) is 5.10 Å². The highest BCUT2D eigenvalue weighted by Crippen LogP contribution is 2.38. The molecule has 4 aromatic rings. The number of carbonyl (C=O) groups is 2.